The largest absolute Gasteiger partial charge is 0.379 e. The number of benzene rings is 1. The molecule has 0 atom stereocenters. The summed E-state index contributed by atoms with van der Waals surface area (Å²) in [6, 6.07) is 8.16. The molecule has 28 heavy (non-hydrogen) atoms. The molecule has 0 bridgehead atoms. The lowest BCUT2D eigenvalue weighted by Gasteiger charge is -2.29. The molecule has 8 heteroatoms. The fourth-order valence-corrected chi connectivity index (χ4v) is 3.52. The van der Waals surface area contributed by atoms with Crippen molar-refractivity contribution in [3.63, 3.8) is 0 Å². The van der Waals surface area contributed by atoms with Crippen molar-refractivity contribution in [3.8, 4) is 0 Å². The molecule has 0 radical (unpaired) electrons. The van der Waals surface area contributed by atoms with Gasteiger partial charge in [0, 0.05) is 45.0 Å². The average molecular weight is 501 g/mol. The highest BCUT2D eigenvalue weighted by molar-refractivity contribution is 14.0. The molecule has 0 aromatic heterocycles. The summed E-state index contributed by atoms with van der Waals surface area (Å²) in [5, 5.41) is 6.55. The normalized spacial score (nSPS) is 17.5. The zero-order valence-electron chi connectivity index (χ0n) is 16.7. The number of amides is 1. The van der Waals surface area contributed by atoms with E-state index in [1.54, 1.807) is 0 Å². The van der Waals surface area contributed by atoms with Crippen LogP contribution in [0.1, 0.15) is 18.9 Å². The molecule has 2 aliphatic heterocycles. The lowest BCUT2D eigenvalue weighted by atomic mass is 10.0. The van der Waals surface area contributed by atoms with E-state index in [-0.39, 0.29) is 36.4 Å². The molecule has 0 aliphatic carbocycles. The van der Waals surface area contributed by atoms with Crippen LogP contribution in [0.15, 0.2) is 29.3 Å². The van der Waals surface area contributed by atoms with Crippen LogP contribution >= 0.6 is 24.0 Å². The minimum atomic E-state index is 0. The lowest BCUT2D eigenvalue weighted by molar-refractivity contribution is -0.117. The Morgan fingerprint density at radius 2 is 1.96 bits per heavy atom. The number of guanidine groups is 1. The van der Waals surface area contributed by atoms with Crippen LogP contribution in [0.5, 0.6) is 0 Å². The topological polar surface area (TPSA) is 69.2 Å². The van der Waals surface area contributed by atoms with Crippen molar-refractivity contribution in [1.29, 1.82) is 0 Å². The number of rotatable bonds is 6. The number of carbonyl (C=O) groups is 1. The van der Waals surface area contributed by atoms with Crippen molar-refractivity contribution >= 4 is 41.5 Å². The number of aliphatic imine (C=N–C) groups is 1. The van der Waals surface area contributed by atoms with Gasteiger partial charge >= 0.3 is 0 Å². The smallest absolute Gasteiger partial charge is 0.248 e. The van der Waals surface area contributed by atoms with Gasteiger partial charge in [0.1, 0.15) is 6.54 Å². The number of ether oxygens (including phenoxy) is 1. The monoisotopic (exact) mass is 501 g/mol. The third-order valence-electron chi connectivity index (χ3n) is 4.95. The Kier molecular flexibility index (Phi) is 10.0. The molecule has 1 fully saturated rings. The molecule has 2 aliphatic rings. The van der Waals surface area contributed by atoms with Gasteiger partial charge in [-0.3, -0.25) is 9.69 Å². The minimum absolute atomic E-state index is 0. The van der Waals surface area contributed by atoms with Crippen LogP contribution in [0.3, 0.4) is 0 Å². The van der Waals surface area contributed by atoms with Gasteiger partial charge in [-0.1, -0.05) is 18.2 Å². The molecule has 1 aromatic carbocycles. The Morgan fingerprint density at radius 1 is 1.18 bits per heavy atom. The van der Waals surface area contributed by atoms with Crippen molar-refractivity contribution < 1.29 is 9.53 Å². The van der Waals surface area contributed by atoms with Crippen LogP contribution in [-0.2, 0) is 16.0 Å². The van der Waals surface area contributed by atoms with Gasteiger partial charge in [-0.05, 0) is 31.4 Å². The van der Waals surface area contributed by atoms with Gasteiger partial charge in [-0.25, -0.2) is 4.99 Å². The lowest BCUT2D eigenvalue weighted by Crippen LogP contribution is -2.45. The van der Waals surface area contributed by atoms with E-state index in [1.165, 1.54) is 5.56 Å². The number of fused-ring (bicyclic) bond motifs is 1. The van der Waals surface area contributed by atoms with Crippen LogP contribution in [-0.4, -0.2) is 75.8 Å². The quantitative estimate of drug-likeness (QED) is 0.351. The Balaban J connectivity index is 0.00000280. The first-order valence-electron chi connectivity index (χ1n) is 9.98. The number of aryl methyl sites for hydroxylation is 1. The molecule has 1 amide bonds. The fourth-order valence-electron chi connectivity index (χ4n) is 3.52. The Hall–Kier alpha value is -1.39. The van der Waals surface area contributed by atoms with E-state index in [0.29, 0.717) is 5.96 Å². The zero-order valence-corrected chi connectivity index (χ0v) is 19.0. The van der Waals surface area contributed by atoms with E-state index >= 15 is 0 Å². The summed E-state index contributed by atoms with van der Waals surface area (Å²) in [5.41, 5.74) is 2.28. The number of morpholine rings is 1. The number of halogens is 1. The fraction of sp³-hybridized carbons (Fsp3) is 0.600. The van der Waals surface area contributed by atoms with Crippen LogP contribution in [0.2, 0.25) is 0 Å². The molecular weight excluding hydrogens is 469 g/mol. The van der Waals surface area contributed by atoms with Gasteiger partial charge in [0.2, 0.25) is 5.91 Å². The maximum atomic E-state index is 12.7. The van der Waals surface area contributed by atoms with E-state index in [9.17, 15) is 4.79 Å². The average Bonchev–Trinajstić information content (AvgIpc) is 2.72. The van der Waals surface area contributed by atoms with E-state index in [0.717, 1.165) is 71.0 Å². The molecular formula is C20H32IN5O2. The first kappa shape index (κ1) is 22.9. The molecule has 1 saturated heterocycles. The standard InChI is InChI=1S/C20H31N5O2.HI/c1-2-21-20(22-9-11-24-12-14-27-15-13-24)23-16-19(26)25-10-5-7-17-6-3-4-8-18(17)25;/h3-4,6,8H,2,5,7,9-16H2,1H3,(H2,21,22,23);1H. The van der Waals surface area contributed by atoms with Gasteiger partial charge in [0.05, 0.1) is 13.2 Å². The molecule has 156 valence electrons. The number of nitrogens with one attached hydrogen (secondary N) is 2. The van der Waals surface area contributed by atoms with Gasteiger partial charge in [0.15, 0.2) is 5.96 Å². The first-order chi connectivity index (χ1) is 13.3. The highest BCUT2D eigenvalue weighted by atomic mass is 127. The SMILES string of the molecule is CCNC(=NCC(=O)N1CCCc2ccccc21)NCCN1CCOCC1.I. The summed E-state index contributed by atoms with van der Waals surface area (Å²) in [7, 11) is 0. The third-order valence-corrected chi connectivity index (χ3v) is 4.95. The minimum Gasteiger partial charge on any atom is -0.379 e. The van der Waals surface area contributed by atoms with Crippen molar-refractivity contribution in [1.82, 2.24) is 15.5 Å². The Bertz CT molecular complexity index is 649. The highest BCUT2D eigenvalue weighted by Crippen LogP contribution is 2.26. The first-order valence-corrected chi connectivity index (χ1v) is 9.98. The summed E-state index contributed by atoms with van der Waals surface area (Å²) in [5.74, 6) is 0.747. The number of para-hydroxylation sites is 1. The predicted molar refractivity (Wildman–Crippen MR) is 124 cm³/mol. The van der Waals surface area contributed by atoms with E-state index in [1.807, 2.05) is 30.0 Å². The molecule has 0 spiro atoms. The summed E-state index contributed by atoms with van der Waals surface area (Å²) in [6.45, 7) is 9.03. The molecule has 2 heterocycles. The number of hydrogen-bond donors (Lipinski definition) is 2. The summed E-state index contributed by atoms with van der Waals surface area (Å²) in [4.78, 5) is 21.5. The van der Waals surface area contributed by atoms with Gasteiger partial charge < -0.3 is 20.3 Å². The molecule has 1 aromatic rings. The number of carbonyl (C=O) groups excluding carboxylic acids is 1. The second-order valence-electron chi connectivity index (χ2n) is 6.85. The highest BCUT2D eigenvalue weighted by Gasteiger charge is 2.21. The summed E-state index contributed by atoms with van der Waals surface area (Å²) >= 11 is 0. The van der Waals surface area contributed by atoms with Gasteiger partial charge in [0.25, 0.3) is 0 Å². The van der Waals surface area contributed by atoms with Gasteiger partial charge in [-0.15, -0.1) is 24.0 Å². The van der Waals surface area contributed by atoms with Crippen LogP contribution in [0.25, 0.3) is 0 Å². The van der Waals surface area contributed by atoms with Crippen molar-refractivity contribution in [2.45, 2.75) is 19.8 Å². The summed E-state index contributed by atoms with van der Waals surface area (Å²) < 4.78 is 5.37. The molecule has 3 rings (SSSR count). The second kappa shape index (κ2) is 12.2. The molecule has 0 saturated carbocycles. The van der Waals surface area contributed by atoms with Crippen molar-refractivity contribution in [2.24, 2.45) is 4.99 Å². The number of nitrogens with zero attached hydrogens (tertiary/aromatic N) is 3. The Labute approximate surface area is 184 Å². The van der Waals surface area contributed by atoms with E-state index in [4.69, 9.17) is 4.74 Å². The van der Waals surface area contributed by atoms with E-state index in [2.05, 4.69) is 26.6 Å². The predicted octanol–water partition coefficient (Wildman–Crippen LogP) is 1.47. The van der Waals surface area contributed by atoms with Crippen LogP contribution in [0, 0.1) is 0 Å². The third kappa shape index (κ3) is 6.59. The van der Waals surface area contributed by atoms with E-state index < -0.39 is 0 Å². The van der Waals surface area contributed by atoms with Crippen LogP contribution in [0.4, 0.5) is 5.69 Å². The number of hydrogen-bond acceptors (Lipinski definition) is 4. The van der Waals surface area contributed by atoms with Crippen molar-refractivity contribution in [3.05, 3.63) is 29.8 Å². The molecule has 7 nitrogen and oxygen atoms in total. The summed E-state index contributed by atoms with van der Waals surface area (Å²) in [6.07, 6.45) is 2.04. The van der Waals surface area contributed by atoms with Crippen molar-refractivity contribution in [2.75, 3.05) is 63.9 Å². The maximum absolute atomic E-state index is 12.7. The number of anilines is 1. The zero-order chi connectivity index (χ0) is 18.9. The Morgan fingerprint density at radius 3 is 2.75 bits per heavy atom. The molecule has 0 unspecified atom stereocenters. The maximum Gasteiger partial charge on any atom is 0.248 e. The van der Waals surface area contributed by atoms with Crippen LogP contribution < -0.4 is 15.5 Å². The second-order valence-corrected chi connectivity index (χ2v) is 6.85. The van der Waals surface area contributed by atoms with Gasteiger partial charge in [-0.2, -0.15) is 0 Å². The molecule has 2 N–H and O–H groups in total.